The quantitative estimate of drug-likeness (QED) is 0.0688. The van der Waals surface area contributed by atoms with Gasteiger partial charge in [-0.3, -0.25) is 29.8 Å². The lowest BCUT2D eigenvalue weighted by molar-refractivity contribution is -0.385. The van der Waals surface area contributed by atoms with Crippen molar-refractivity contribution < 1.29 is 85.3 Å². The maximum Gasteiger partial charge on any atom is 0.435 e. The molecule has 0 heterocycles. The zero-order valence-corrected chi connectivity index (χ0v) is 35.3. The molecule has 67 heavy (non-hydrogen) atoms. The van der Waals surface area contributed by atoms with Crippen LogP contribution in [-0.4, -0.2) is 59.5 Å². The first-order valence-corrected chi connectivity index (χ1v) is 18.6. The van der Waals surface area contributed by atoms with Gasteiger partial charge >= 0.3 is 36.0 Å². The number of nitro benzene ring substituents is 2. The minimum atomic E-state index is -6.32. The standard InChI is InChI=1S/C20H18F7N3O3.C18H12F8N2O3.C2H7N/c1-4-28-15-6-5-13(30(32)33)9-14(15)17(31)29-16-10(2)7-12(8-11(16)3)18(21,19(22,23)24)20(25,26)27;1-8-5-10(16(20,17(21,22)23)18(24,25)26)6-9(2)14(8)27-15(29)12-7-11(28(30)31)3-4-13(12)19;1-2-3/h5-9,28H,4H2,1-3H3,(H,29,31);3-7H,1-2H3,(H,27,29);2-3H2,1H3. The number of aryl methyl sites for hydroxylation is 4. The van der Waals surface area contributed by atoms with Crippen LogP contribution in [0.1, 0.15) is 67.9 Å². The van der Waals surface area contributed by atoms with Crippen LogP contribution in [-0.2, 0) is 11.3 Å². The SMILES string of the molecule is CCN.CCNc1ccc([N+](=O)[O-])cc1C(=O)Nc1c(C)cc(C(F)(C(F)(F)F)C(F)(F)F)cc1C.Cc1cc(C(F)(C(F)(F)F)C(F)(F)F)cc(C)c1NC(=O)c1cc([N+](=O)[O-])ccc1F. The molecule has 4 aromatic carbocycles. The highest BCUT2D eigenvalue weighted by atomic mass is 19.4. The van der Waals surface area contributed by atoms with Crippen molar-refractivity contribution in [3.8, 4) is 0 Å². The van der Waals surface area contributed by atoms with E-state index in [4.69, 9.17) is 5.73 Å². The van der Waals surface area contributed by atoms with Crippen LogP contribution in [0.4, 0.5) is 94.3 Å². The van der Waals surface area contributed by atoms with E-state index in [-0.39, 0.29) is 57.0 Å². The summed E-state index contributed by atoms with van der Waals surface area (Å²) in [6, 6.07) is 6.63. The Bertz CT molecular complexity index is 2420. The molecule has 27 heteroatoms. The minimum Gasteiger partial charge on any atom is -0.385 e. The number of carbonyl (C=O) groups is 2. The van der Waals surface area contributed by atoms with Crippen LogP contribution in [0.25, 0.3) is 0 Å². The molecule has 5 N–H and O–H groups in total. The lowest BCUT2D eigenvalue weighted by atomic mass is 9.90. The number of nitrogens with two attached hydrogens (primary N) is 1. The summed E-state index contributed by atoms with van der Waals surface area (Å²) in [6.07, 6.45) is -25.2. The smallest absolute Gasteiger partial charge is 0.385 e. The molecular weight excluding hydrogens is 945 g/mol. The summed E-state index contributed by atoms with van der Waals surface area (Å²) in [5.41, 5.74) is -13.5. The second-order valence-corrected chi connectivity index (χ2v) is 14.0. The molecule has 0 atom stereocenters. The van der Waals surface area contributed by atoms with Crippen molar-refractivity contribution in [2.75, 3.05) is 29.0 Å². The van der Waals surface area contributed by atoms with Crippen LogP contribution in [0.3, 0.4) is 0 Å². The maximum atomic E-state index is 14.4. The molecule has 0 aromatic heterocycles. The molecule has 2 amide bonds. The van der Waals surface area contributed by atoms with Gasteiger partial charge in [0.15, 0.2) is 0 Å². The molecule has 0 bridgehead atoms. The van der Waals surface area contributed by atoms with Crippen molar-refractivity contribution in [1.29, 1.82) is 0 Å². The zero-order chi connectivity index (χ0) is 52.0. The van der Waals surface area contributed by atoms with Crippen molar-refractivity contribution in [2.45, 2.75) is 77.6 Å². The lowest BCUT2D eigenvalue weighted by Crippen LogP contribution is -2.50. The third kappa shape index (κ3) is 12.2. The second kappa shape index (κ2) is 20.9. The summed E-state index contributed by atoms with van der Waals surface area (Å²) < 4.78 is 199. The largest absolute Gasteiger partial charge is 0.435 e. The number of nitro groups is 2. The summed E-state index contributed by atoms with van der Waals surface area (Å²) in [5, 5.41) is 29.0. The van der Waals surface area contributed by atoms with E-state index in [2.05, 4.69) is 16.0 Å². The van der Waals surface area contributed by atoms with Gasteiger partial charge in [-0.1, -0.05) is 31.2 Å². The highest BCUT2D eigenvalue weighted by Crippen LogP contribution is 2.55. The first-order valence-electron chi connectivity index (χ1n) is 18.6. The first kappa shape index (κ1) is 56.5. The molecule has 0 aliphatic heterocycles. The number of nitrogens with one attached hydrogen (secondary N) is 3. The molecule has 0 fully saturated rings. The van der Waals surface area contributed by atoms with Crippen LogP contribution in [0, 0.1) is 53.7 Å². The van der Waals surface area contributed by atoms with E-state index in [9.17, 15) is 95.7 Å². The summed E-state index contributed by atoms with van der Waals surface area (Å²) in [7, 11) is 0. The molecule has 0 aliphatic carbocycles. The van der Waals surface area contributed by atoms with Gasteiger partial charge in [0, 0.05) is 59.0 Å². The number of hydrogen-bond acceptors (Lipinski definition) is 8. The normalized spacial score (nSPS) is 12.2. The van der Waals surface area contributed by atoms with Gasteiger partial charge < -0.3 is 21.7 Å². The number of benzene rings is 4. The van der Waals surface area contributed by atoms with Crippen molar-refractivity contribution in [3.05, 3.63) is 131 Å². The van der Waals surface area contributed by atoms with E-state index in [1.54, 1.807) is 6.92 Å². The van der Waals surface area contributed by atoms with Gasteiger partial charge in [0.25, 0.3) is 23.2 Å². The Morgan fingerprint density at radius 1 is 0.552 bits per heavy atom. The number of carbonyl (C=O) groups excluding carboxylic acids is 2. The molecule has 0 saturated heterocycles. The molecule has 12 nitrogen and oxygen atoms in total. The molecule has 0 saturated carbocycles. The van der Waals surface area contributed by atoms with Crippen LogP contribution < -0.4 is 21.7 Å². The fourth-order valence-corrected chi connectivity index (χ4v) is 6.04. The number of alkyl halides is 14. The third-order valence-corrected chi connectivity index (χ3v) is 9.13. The minimum absolute atomic E-state index is 0.163. The van der Waals surface area contributed by atoms with E-state index in [0.29, 0.717) is 30.8 Å². The Morgan fingerprint density at radius 2 is 0.851 bits per heavy atom. The number of amides is 2. The summed E-state index contributed by atoms with van der Waals surface area (Å²) >= 11 is 0. The van der Waals surface area contributed by atoms with E-state index in [1.807, 2.05) is 6.92 Å². The Morgan fingerprint density at radius 3 is 1.15 bits per heavy atom. The van der Waals surface area contributed by atoms with E-state index < -0.39 is 91.6 Å². The number of nitrogens with zero attached hydrogens (tertiary/aromatic N) is 2. The van der Waals surface area contributed by atoms with Gasteiger partial charge in [-0.05, 0) is 75.5 Å². The first-order chi connectivity index (χ1) is 30.5. The predicted octanol–water partition coefficient (Wildman–Crippen LogP) is 12.0. The number of non-ortho nitro benzene ring substituents is 2. The maximum absolute atomic E-state index is 14.4. The van der Waals surface area contributed by atoms with Crippen LogP contribution >= 0.6 is 0 Å². The molecule has 0 radical (unpaired) electrons. The molecule has 0 aliphatic rings. The highest BCUT2D eigenvalue weighted by molar-refractivity contribution is 6.09. The van der Waals surface area contributed by atoms with Crippen LogP contribution in [0.2, 0.25) is 0 Å². The van der Waals surface area contributed by atoms with Gasteiger partial charge in [0.05, 0.1) is 21.0 Å². The van der Waals surface area contributed by atoms with Crippen molar-refractivity contribution in [2.24, 2.45) is 5.73 Å². The molecule has 368 valence electrons. The van der Waals surface area contributed by atoms with E-state index >= 15 is 0 Å². The number of halogens is 15. The van der Waals surface area contributed by atoms with Crippen LogP contribution in [0.15, 0.2) is 60.7 Å². The molecule has 0 spiro atoms. The summed E-state index contributed by atoms with van der Waals surface area (Å²) in [6.45, 7) is 8.89. The monoisotopic (exact) mass is 982 g/mol. The third-order valence-electron chi connectivity index (χ3n) is 9.13. The van der Waals surface area contributed by atoms with Crippen molar-refractivity contribution in [3.63, 3.8) is 0 Å². The van der Waals surface area contributed by atoms with E-state index in [0.717, 1.165) is 52.4 Å². The highest BCUT2D eigenvalue weighted by Gasteiger charge is 2.74. The molecular formula is C40H37F15N6O6. The summed E-state index contributed by atoms with van der Waals surface area (Å²) in [4.78, 5) is 45.3. The van der Waals surface area contributed by atoms with Gasteiger partial charge in [0.1, 0.15) is 5.82 Å². The molecule has 4 aromatic rings. The van der Waals surface area contributed by atoms with Crippen LogP contribution in [0.5, 0.6) is 0 Å². The lowest BCUT2D eigenvalue weighted by Gasteiger charge is -2.31. The summed E-state index contributed by atoms with van der Waals surface area (Å²) in [5.74, 6) is -3.32. The Kier molecular flexibility index (Phi) is 17.6. The average Bonchev–Trinajstić information content (AvgIpc) is 3.18. The molecule has 0 unspecified atom stereocenters. The Labute approximate surface area is 369 Å². The second-order valence-electron chi connectivity index (χ2n) is 14.0. The Balaban J connectivity index is 0.000000435. The number of rotatable bonds is 10. The topological polar surface area (TPSA) is 183 Å². The van der Waals surface area contributed by atoms with Crippen molar-refractivity contribution >= 4 is 40.3 Å². The van der Waals surface area contributed by atoms with Gasteiger partial charge in [-0.25, -0.2) is 13.2 Å². The molecule has 4 rings (SSSR count). The van der Waals surface area contributed by atoms with Crippen molar-refractivity contribution in [1.82, 2.24) is 0 Å². The Hall–Kier alpha value is -6.67. The number of hydrogen-bond donors (Lipinski definition) is 4. The van der Waals surface area contributed by atoms with Gasteiger partial charge in [-0.2, -0.15) is 52.7 Å². The van der Waals surface area contributed by atoms with Gasteiger partial charge in [0.2, 0.25) is 0 Å². The average molecular weight is 983 g/mol. The zero-order valence-electron chi connectivity index (χ0n) is 35.3. The fraction of sp³-hybridized carbons (Fsp3) is 0.350. The fourth-order valence-electron chi connectivity index (χ4n) is 6.04. The predicted molar refractivity (Wildman–Crippen MR) is 213 cm³/mol. The van der Waals surface area contributed by atoms with Gasteiger partial charge in [-0.15, -0.1) is 0 Å². The van der Waals surface area contributed by atoms with E-state index in [1.165, 1.54) is 6.07 Å². The number of anilines is 3.